The molecule has 20 heavy (non-hydrogen) atoms. The van der Waals surface area contributed by atoms with Crippen molar-refractivity contribution in [3.05, 3.63) is 35.9 Å². The van der Waals surface area contributed by atoms with Crippen molar-refractivity contribution in [2.75, 3.05) is 6.54 Å². The first-order chi connectivity index (χ1) is 9.16. The lowest BCUT2D eigenvalue weighted by molar-refractivity contribution is -0.122. The molecule has 1 amide bonds. The summed E-state index contributed by atoms with van der Waals surface area (Å²) in [5.74, 6) is 1.35. The van der Waals surface area contributed by atoms with Crippen LogP contribution in [0.15, 0.2) is 30.3 Å². The zero-order valence-electron chi connectivity index (χ0n) is 12.0. The number of amides is 1. The van der Waals surface area contributed by atoms with Gasteiger partial charge in [0.1, 0.15) is 6.04 Å². The van der Waals surface area contributed by atoms with Gasteiger partial charge in [0.15, 0.2) is 0 Å². The molecule has 0 aliphatic heterocycles. The summed E-state index contributed by atoms with van der Waals surface area (Å²) in [4.78, 5) is 12.0. The maximum atomic E-state index is 12.0. The van der Waals surface area contributed by atoms with E-state index < -0.39 is 6.04 Å². The van der Waals surface area contributed by atoms with Crippen LogP contribution >= 0.6 is 12.4 Å². The molecule has 4 heteroatoms. The second-order valence-electron chi connectivity index (χ2n) is 5.77. The minimum atomic E-state index is -0.554. The summed E-state index contributed by atoms with van der Waals surface area (Å²) >= 11 is 0. The van der Waals surface area contributed by atoms with Gasteiger partial charge < -0.3 is 11.1 Å². The third kappa shape index (κ3) is 4.80. The highest BCUT2D eigenvalue weighted by molar-refractivity contribution is 5.85. The van der Waals surface area contributed by atoms with Crippen molar-refractivity contribution in [3.8, 4) is 0 Å². The van der Waals surface area contributed by atoms with E-state index >= 15 is 0 Å². The van der Waals surface area contributed by atoms with E-state index in [9.17, 15) is 4.79 Å². The molecule has 0 aromatic heterocycles. The molecule has 3 unspecified atom stereocenters. The molecule has 1 fully saturated rings. The average molecular weight is 297 g/mol. The molecule has 0 bridgehead atoms. The van der Waals surface area contributed by atoms with E-state index in [2.05, 4.69) is 12.2 Å². The number of carbonyl (C=O) groups excluding carboxylic acids is 1. The van der Waals surface area contributed by atoms with Crippen LogP contribution in [0, 0.1) is 11.8 Å². The van der Waals surface area contributed by atoms with Crippen LogP contribution in [0.3, 0.4) is 0 Å². The molecule has 1 aromatic carbocycles. The summed E-state index contributed by atoms with van der Waals surface area (Å²) in [5, 5.41) is 3.01. The lowest BCUT2D eigenvalue weighted by Crippen LogP contribution is -2.37. The Hall–Kier alpha value is -1.06. The summed E-state index contributed by atoms with van der Waals surface area (Å²) in [5.41, 5.74) is 6.84. The van der Waals surface area contributed by atoms with Crippen molar-refractivity contribution in [2.45, 2.75) is 38.6 Å². The van der Waals surface area contributed by atoms with E-state index in [-0.39, 0.29) is 18.3 Å². The summed E-state index contributed by atoms with van der Waals surface area (Å²) in [6.45, 7) is 3.06. The fourth-order valence-electron chi connectivity index (χ4n) is 2.91. The number of hydrogen-bond donors (Lipinski definition) is 2. The third-order valence-corrected chi connectivity index (χ3v) is 4.05. The maximum Gasteiger partial charge on any atom is 0.241 e. The Kier molecular flexibility index (Phi) is 7.03. The zero-order valence-corrected chi connectivity index (χ0v) is 12.9. The third-order valence-electron chi connectivity index (χ3n) is 4.05. The van der Waals surface area contributed by atoms with E-state index in [1.807, 2.05) is 30.3 Å². The van der Waals surface area contributed by atoms with Gasteiger partial charge in [-0.25, -0.2) is 0 Å². The van der Waals surface area contributed by atoms with Crippen LogP contribution in [0.5, 0.6) is 0 Å². The number of halogens is 1. The lowest BCUT2D eigenvalue weighted by Gasteiger charge is -2.27. The van der Waals surface area contributed by atoms with Crippen LogP contribution in [-0.4, -0.2) is 12.5 Å². The molecule has 0 heterocycles. The first-order valence-electron chi connectivity index (χ1n) is 7.25. The van der Waals surface area contributed by atoms with Gasteiger partial charge in [-0.2, -0.15) is 0 Å². The Bertz CT molecular complexity index is 410. The molecule has 0 spiro atoms. The molecule has 1 aliphatic carbocycles. The van der Waals surface area contributed by atoms with Crippen molar-refractivity contribution >= 4 is 18.3 Å². The number of benzene rings is 1. The van der Waals surface area contributed by atoms with Gasteiger partial charge in [-0.1, -0.05) is 50.1 Å². The van der Waals surface area contributed by atoms with E-state index in [1.165, 1.54) is 25.7 Å². The summed E-state index contributed by atoms with van der Waals surface area (Å²) in [6.07, 6.45) is 5.06. The van der Waals surface area contributed by atoms with E-state index in [4.69, 9.17) is 5.73 Å². The van der Waals surface area contributed by atoms with Crippen molar-refractivity contribution in [1.29, 1.82) is 0 Å². The SMILES string of the molecule is CC1CCCC(CNC(=O)C(N)c2ccccc2)C1.Cl. The Morgan fingerprint density at radius 2 is 2.05 bits per heavy atom. The number of nitrogens with two attached hydrogens (primary N) is 1. The predicted molar refractivity (Wildman–Crippen MR) is 84.8 cm³/mol. The van der Waals surface area contributed by atoms with Gasteiger partial charge in [-0.05, 0) is 30.2 Å². The van der Waals surface area contributed by atoms with Crippen molar-refractivity contribution < 1.29 is 4.79 Å². The van der Waals surface area contributed by atoms with Crippen LogP contribution in [0.1, 0.15) is 44.2 Å². The highest BCUT2D eigenvalue weighted by Gasteiger charge is 2.21. The Morgan fingerprint density at radius 3 is 2.70 bits per heavy atom. The minimum Gasteiger partial charge on any atom is -0.354 e. The van der Waals surface area contributed by atoms with Crippen LogP contribution in [0.25, 0.3) is 0 Å². The van der Waals surface area contributed by atoms with E-state index in [0.29, 0.717) is 5.92 Å². The molecular weight excluding hydrogens is 272 g/mol. The zero-order chi connectivity index (χ0) is 13.7. The van der Waals surface area contributed by atoms with Crippen LogP contribution < -0.4 is 11.1 Å². The van der Waals surface area contributed by atoms with Crippen molar-refractivity contribution in [1.82, 2.24) is 5.32 Å². The predicted octanol–water partition coefficient (Wildman–Crippen LogP) is 3.05. The molecule has 112 valence electrons. The monoisotopic (exact) mass is 296 g/mol. The fraction of sp³-hybridized carbons (Fsp3) is 0.562. The molecule has 2 rings (SSSR count). The smallest absolute Gasteiger partial charge is 0.241 e. The Labute approximate surface area is 127 Å². The summed E-state index contributed by atoms with van der Waals surface area (Å²) in [6, 6.07) is 8.98. The second kappa shape index (κ2) is 8.28. The Balaban J connectivity index is 0.00000200. The van der Waals surface area contributed by atoms with Gasteiger partial charge >= 0.3 is 0 Å². The van der Waals surface area contributed by atoms with E-state index in [0.717, 1.165) is 18.0 Å². The summed E-state index contributed by atoms with van der Waals surface area (Å²) < 4.78 is 0. The molecule has 0 saturated heterocycles. The molecule has 3 nitrogen and oxygen atoms in total. The molecule has 3 atom stereocenters. The number of hydrogen-bond acceptors (Lipinski definition) is 2. The van der Waals surface area contributed by atoms with Crippen molar-refractivity contribution in [3.63, 3.8) is 0 Å². The highest BCUT2D eigenvalue weighted by Crippen LogP contribution is 2.28. The van der Waals surface area contributed by atoms with Gasteiger partial charge in [-0.3, -0.25) is 4.79 Å². The topological polar surface area (TPSA) is 55.1 Å². The quantitative estimate of drug-likeness (QED) is 0.897. The van der Waals surface area contributed by atoms with Gasteiger partial charge in [0.05, 0.1) is 0 Å². The van der Waals surface area contributed by atoms with E-state index in [1.54, 1.807) is 0 Å². The van der Waals surface area contributed by atoms with Gasteiger partial charge in [0, 0.05) is 6.54 Å². The van der Waals surface area contributed by atoms with Crippen LogP contribution in [0.2, 0.25) is 0 Å². The Morgan fingerprint density at radius 1 is 1.35 bits per heavy atom. The second-order valence-corrected chi connectivity index (χ2v) is 5.77. The first-order valence-corrected chi connectivity index (χ1v) is 7.25. The maximum absolute atomic E-state index is 12.0. The van der Waals surface area contributed by atoms with Crippen LogP contribution in [0.4, 0.5) is 0 Å². The van der Waals surface area contributed by atoms with Crippen LogP contribution in [-0.2, 0) is 4.79 Å². The largest absolute Gasteiger partial charge is 0.354 e. The number of nitrogens with one attached hydrogen (secondary N) is 1. The first kappa shape index (κ1) is 17.0. The molecule has 1 saturated carbocycles. The molecule has 0 radical (unpaired) electrons. The average Bonchev–Trinajstić information content (AvgIpc) is 2.45. The lowest BCUT2D eigenvalue weighted by atomic mass is 9.82. The van der Waals surface area contributed by atoms with Gasteiger partial charge in [-0.15, -0.1) is 12.4 Å². The molecule has 1 aromatic rings. The van der Waals surface area contributed by atoms with Crippen molar-refractivity contribution in [2.24, 2.45) is 17.6 Å². The van der Waals surface area contributed by atoms with Gasteiger partial charge in [0.2, 0.25) is 5.91 Å². The highest BCUT2D eigenvalue weighted by atomic mass is 35.5. The fourth-order valence-corrected chi connectivity index (χ4v) is 2.91. The molecular formula is C16H25ClN2O. The molecule has 3 N–H and O–H groups in total. The number of rotatable bonds is 4. The normalized spacial score (nSPS) is 23.5. The number of carbonyl (C=O) groups is 1. The minimum absolute atomic E-state index is 0. The standard InChI is InChI=1S/C16H24N2O.ClH/c1-12-6-5-7-13(10-12)11-18-16(19)15(17)14-8-3-2-4-9-14;/h2-4,8-9,12-13,15H,5-7,10-11,17H2,1H3,(H,18,19);1H. The summed E-state index contributed by atoms with van der Waals surface area (Å²) in [7, 11) is 0. The molecule has 1 aliphatic rings. The van der Waals surface area contributed by atoms with Gasteiger partial charge in [0.25, 0.3) is 0 Å².